The highest BCUT2D eigenvalue weighted by atomic mass is 16.2. The monoisotopic (exact) mass is 234 g/mol. The second kappa shape index (κ2) is 6.68. The van der Waals surface area contributed by atoms with Gasteiger partial charge in [0, 0.05) is 25.8 Å². The number of hydrogen-bond acceptors (Lipinski definition) is 3. The van der Waals surface area contributed by atoms with Crippen LogP contribution in [0.25, 0.3) is 0 Å². The maximum Gasteiger partial charge on any atom is 0.227 e. The maximum atomic E-state index is 11.2. The van der Waals surface area contributed by atoms with Crippen molar-refractivity contribution < 1.29 is 9.59 Å². The summed E-state index contributed by atoms with van der Waals surface area (Å²) in [5.74, 6) is -0.321. The summed E-state index contributed by atoms with van der Waals surface area (Å²) in [6.07, 6.45) is -0.0327. The van der Waals surface area contributed by atoms with E-state index >= 15 is 0 Å². The lowest BCUT2D eigenvalue weighted by atomic mass is 10.3. The zero-order valence-electron chi connectivity index (χ0n) is 10.3. The molecule has 1 rings (SSSR count). The number of nitrogens with zero attached hydrogens (tertiary/aromatic N) is 1. The molecule has 0 saturated heterocycles. The Morgan fingerprint density at radius 3 is 2.47 bits per heavy atom. The molecule has 0 fully saturated rings. The van der Waals surface area contributed by atoms with Gasteiger partial charge in [-0.25, -0.2) is 0 Å². The van der Waals surface area contributed by atoms with Gasteiger partial charge in [-0.2, -0.15) is 0 Å². The molecule has 0 aliphatic carbocycles. The number of ketones is 1. The minimum absolute atomic E-state index is 0.0327. The fourth-order valence-corrected chi connectivity index (χ4v) is 1.46. The molecule has 92 valence electrons. The zero-order valence-corrected chi connectivity index (χ0v) is 10.3. The molecule has 4 nitrogen and oxygen atoms in total. The highest BCUT2D eigenvalue weighted by molar-refractivity contribution is 5.96. The van der Waals surface area contributed by atoms with Crippen LogP contribution in [0.4, 0.5) is 5.69 Å². The van der Waals surface area contributed by atoms with Crippen LogP contribution in [0, 0.1) is 0 Å². The molecular weight excluding hydrogens is 216 g/mol. The first-order valence-electron chi connectivity index (χ1n) is 5.62. The highest BCUT2D eigenvalue weighted by Gasteiger charge is 2.05. The highest BCUT2D eigenvalue weighted by Crippen LogP contribution is 2.09. The molecular formula is C13H18N2O2. The Labute approximate surface area is 102 Å². The topological polar surface area (TPSA) is 49.4 Å². The molecule has 0 unspecified atom stereocenters. The van der Waals surface area contributed by atoms with Gasteiger partial charge >= 0.3 is 0 Å². The SMILES string of the molecule is CC(=O)CC(=O)NCCN(C)c1ccccc1. The van der Waals surface area contributed by atoms with Gasteiger partial charge < -0.3 is 10.2 Å². The second-order valence-corrected chi connectivity index (χ2v) is 3.99. The van der Waals surface area contributed by atoms with Crippen LogP contribution in [-0.4, -0.2) is 31.8 Å². The van der Waals surface area contributed by atoms with Crippen molar-refractivity contribution in [1.82, 2.24) is 5.32 Å². The number of carbonyl (C=O) groups excluding carboxylic acids is 2. The summed E-state index contributed by atoms with van der Waals surface area (Å²) in [5, 5.41) is 2.71. The van der Waals surface area contributed by atoms with Crippen LogP contribution in [0.15, 0.2) is 30.3 Å². The molecule has 0 heterocycles. The van der Waals surface area contributed by atoms with Gasteiger partial charge in [0.05, 0.1) is 6.42 Å². The predicted molar refractivity (Wildman–Crippen MR) is 68.0 cm³/mol. The first-order chi connectivity index (χ1) is 8.09. The van der Waals surface area contributed by atoms with Gasteiger partial charge in [0.15, 0.2) is 0 Å². The normalized spacial score (nSPS) is 9.76. The van der Waals surface area contributed by atoms with Crippen molar-refractivity contribution in [1.29, 1.82) is 0 Å². The van der Waals surface area contributed by atoms with Crippen LogP contribution < -0.4 is 10.2 Å². The van der Waals surface area contributed by atoms with Crippen LogP contribution >= 0.6 is 0 Å². The van der Waals surface area contributed by atoms with E-state index in [2.05, 4.69) is 5.32 Å². The predicted octanol–water partition coefficient (Wildman–Crippen LogP) is 1.22. The third-order valence-corrected chi connectivity index (χ3v) is 2.38. The molecule has 0 saturated carbocycles. The van der Waals surface area contributed by atoms with Gasteiger partial charge in [0.2, 0.25) is 5.91 Å². The van der Waals surface area contributed by atoms with Crippen LogP contribution in [0.3, 0.4) is 0 Å². The minimum Gasteiger partial charge on any atom is -0.373 e. The summed E-state index contributed by atoms with van der Waals surface area (Å²) in [6, 6.07) is 9.93. The molecule has 1 amide bonds. The van der Waals surface area contributed by atoms with E-state index in [0.717, 1.165) is 5.69 Å². The molecule has 0 aliphatic heterocycles. The molecule has 0 radical (unpaired) electrons. The molecule has 0 aromatic heterocycles. The van der Waals surface area contributed by atoms with E-state index in [4.69, 9.17) is 0 Å². The van der Waals surface area contributed by atoms with Crippen LogP contribution in [0.1, 0.15) is 13.3 Å². The molecule has 4 heteroatoms. The van der Waals surface area contributed by atoms with Crippen molar-refractivity contribution in [3.05, 3.63) is 30.3 Å². The fraction of sp³-hybridized carbons (Fsp3) is 0.385. The fourth-order valence-electron chi connectivity index (χ4n) is 1.46. The van der Waals surface area contributed by atoms with Gasteiger partial charge in [-0.05, 0) is 19.1 Å². The molecule has 17 heavy (non-hydrogen) atoms. The van der Waals surface area contributed by atoms with Gasteiger partial charge in [-0.1, -0.05) is 18.2 Å². The largest absolute Gasteiger partial charge is 0.373 e. The third-order valence-electron chi connectivity index (χ3n) is 2.38. The van der Waals surface area contributed by atoms with E-state index in [9.17, 15) is 9.59 Å². The Hall–Kier alpha value is -1.84. The van der Waals surface area contributed by atoms with Crippen molar-refractivity contribution in [2.24, 2.45) is 0 Å². The number of anilines is 1. The average Bonchev–Trinajstić information content (AvgIpc) is 2.29. The van der Waals surface area contributed by atoms with Gasteiger partial charge in [0.25, 0.3) is 0 Å². The molecule has 0 spiro atoms. The Morgan fingerprint density at radius 1 is 1.24 bits per heavy atom. The van der Waals surface area contributed by atoms with Crippen molar-refractivity contribution >= 4 is 17.4 Å². The summed E-state index contributed by atoms with van der Waals surface area (Å²) in [7, 11) is 1.96. The van der Waals surface area contributed by atoms with Crippen molar-refractivity contribution in [2.45, 2.75) is 13.3 Å². The number of Topliss-reactive ketones (excluding diaryl/α,β-unsaturated/α-hetero) is 1. The zero-order chi connectivity index (χ0) is 12.7. The van der Waals surface area contributed by atoms with E-state index in [-0.39, 0.29) is 18.1 Å². The smallest absolute Gasteiger partial charge is 0.227 e. The first-order valence-corrected chi connectivity index (χ1v) is 5.62. The minimum atomic E-state index is -0.209. The van der Waals surface area contributed by atoms with E-state index in [1.54, 1.807) is 0 Å². The number of nitrogens with one attached hydrogen (secondary N) is 1. The van der Waals surface area contributed by atoms with E-state index in [0.29, 0.717) is 13.1 Å². The third kappa shape index (κ3) is 5.15. The van der Waals surface area contributed by atoms with Gasteiger partial charge in [-0.15, -0.1) is 0 Å². The Morgan fingerprint density at radius 2 is 1.88 bits per heavy atom. The quantitative estimate of drug-likeness (QED) is 0.753. The first kappa shape index (κ1) is 13.2. The van der Waals surface area contributed by atoms with Gasteiger partial charge in [0.1, 0.15) is 5.78 Å². The average molecular weight is 234 g/mol. The number of amides is 1. The number of carbonyl (C=O) groups is 2. The summed E-state index contributed by atoms with van der Waals surface area (Å²) >= 11 is 0. The number of para-hydroxylation sites is 1. The number of rotatable bonds is 6. The summed E-state index contributed by atoms with van der Waals surface area (Å²) in [6.45, 7) is 2.67. The van der Waals surface area contributed by atoms with Crippen LogP contribution in [-0.2, 0) is 9.59 Å². The lowest BCUT2D eigenvalue weighted by molar-refractivity contribution is -0.127. The maximum absolute atomic E-state index is 11.2. The summed E-state index contributed by atoms with van der Waals surface area (Å²) < 4.78 is 0. The van der Waals surface area contributed by atoms with Crippen molar-refractivity contribution in [3.63, 3.8) is 0 Å². The Bertz CT molecular complexity index is 376. The molecule has 1 aromatic carbocycles. The van der Waals surface area contributed by atoms with E-state index < -0.39 is 0 Å². The molecule has 1 aromatic rings. The Balaban J connectivity index is 2.27. The standard InChI is InChI=1S/C13H18N2O2/c1-11(16)10-13(17)14-8-9-15(2)12-6-4-3-5-7-12/h3-7H,8-10H2,1-2H3,(H,14,17). The number of likely N-dealkylation sites (N-methyl/N-ethyl adjacent to an activating group) is 1. The molecule has 0 aliphatic rings. The van der Waals surface area contributed by atoms with E-state index in [1.165, 1.54) is 6.92 Å². The van der Waals surface area contributed by atoms with Crippen molar-refractivity contribution in [3.8, 4) is 0 Å². The second-order valence-electron chi connectivity index (χ2n) is 3.99. The summed E-state index contributed by atoms with van der Waals surface area (Å²) in [4.78, 5) is 24.0. The van der Waals surface area contributed by atoms with Crippen molar-refractivity contribution in [2.75, 3.05) is 25.0 Å². The summed E-state index contributed by atoms with van der Waals surface area (Å²) in [5.41, 5.74) is 1.10. The molecule has 0 bridgehead atoms. The molecule has 0 atom stereocenters. The van der Waals surface area contributed by atoms with Crippen LogP contribution in [0.5, 0.6) is 0 Å². The lowest BCUT2D eigenvalue weighted by Gasteiger charge is -2.19. The Kier molecular flexibility index (Phi) is 5.20. The van der Waals surface area contributed by atoms with Gasteiger partial charge in [-0.3, -0.25) is 9.59 Å². The number of hydrogen-bond donors (Lipinski definition) is 1. The van der Waals surface area contributed by atoms with Crippen LogP contribution in [0.2, 0.25) is 0 Å². The lowest BCUT2D eigenvalue weighted by Crippen LogP contribution is -2.33. The number of benzene rings is 1. The van der Waals surface area contributed by atoms with E-state index in [1.807, 2.05) is 42.3 Å². The molecule has 1 N–H and O–H groups in total.